The average Bonchev–Trinajstić information content (AvgIpc) is 3.34. The van der Waals surface area contributed by atoms with E-state index in [0.29, 0.717) is 23.5 Å². The molecule has 1 amide bonds. The first-order valence-electron chi connectivity index (χ1n) is 17.9. The maximum atomic E-state index is 13.0. The maximum Gasteiger partial charge on any atom is 0.253 e. The molecule has 0 saturated carbocycles. The van der Waals surface area contributed by atoms with Gasteiger partial charge in [0.2, 0.25) is 0 Å². The normalized spacial score (nSPS) is 14.6. The lowest BCUT2D eigenvalue weighted by molar-refractivity contribution is -0.108. The van der Waals surface area contributed by atoms with Crippen LogP contribution in [0.1, 0.15) is 132 Å². The van der Waals surface area contributed by atoms with Crippen molar-refractivity contribution in [3.05, 3.63) is 59.4 Å². The largest absolute Gasteiger partial charge is 0.339 e. The van der Waals surface area contributed by atoms with Crippen molar-refractivity contribution in [2.24, 2.45) is 11.8 Å². The number of alkyl halides is 1. The van der Waals surface area contributed by atoms with Crippen LogP contribution in [0.15, 0.2) is 42.8 Å². The lowest BCUT2D eigenvalue weighted by Crippen LogP contribution is -2.32. The number of halogens is 2. The number of hydrogen-bond donors (Lipinski definition) is 2. The minimum atomic E-state index is -0.712. The second kappa shape index (κ2) is 31.9. The van der Waals surface area contributed by atoms with Crippen LogP contribution < -0.4 is 10.6 Å². The molecule has 2 atom stereocenters. The van der Waals surface area contributed by atoms with Crippen molar-refractivity contribution in [2.45, 2.75) is 112 Å². The highest BCUT2D eigenvalue weighted by molar-refractivity contribution is 6.01. The van der Waals surface area contributed by atoms with E-state index in [9.17, 15) is 23.2 Å². The third kappa shape index (κ3) is 24.1. The van der Waals surface area contributed by atoms with Crippen LogP contribution in [-0.2, 0) is 4.79 Å². The van der Waals surface area contributed by atoms with Crippen molar-refractivity contribution >= 4 is 18.0 Å². The van der Waals surface area contributed by atoms with E-state index in [2.05, 4.69) is 31.1 Å². The van der Waals surface area contributed by atoms with Crippen LogP contribution in [0.4, 0.5) is 8.78 Å². The number of ketones is 1. The second-order valence-corrected chi connectivity index (χ2v) is 12.1. The van der Waals surface area contributed by atoms with E-state index in [1.54, 1.807) is 6.07 Å². The monoisotopic (exact) mass is 664 g/mol. The Morgan fingerprint density at radius 3 is 2.28 bits per heavy atom. The molecule has 8 heteroatoms. The van der Waals surface area contributed by atoms with E-state index >= 15 is 0 Å². The third-order valence-electron chi connectivity index (χ3n) is 7.64. The Morgan fingerprint density at radius 1 is 1.09 bits per heavy atom. The molecule has 1 heterocycles. The number of allylic oxidation sites excluding steroid dienone is 2. The first-order chi connectivity index (χ1) is 22.7. The highest BCUT2D eigenvalue weighted by atomic mass is 19.1. The molecule has 1 aromatic carbocycles. The summed E-state index contributed by atoms with van der Waals surface area (Å²) in [6.07, 6.45) is 13.0. The van der Waals surface area contributed by atoms with E-state index in [-0.39, 0.29) is 18.0 Å². The number of benzene rings is 1. The molecule has 270 valence electrons. The number of carbonyl (C=O) groups is 3. The standard InChI is InChI=1S/C25H40N2O2.C9H17NO.C3H4F2.C2H6/c1-7-12-27(13-8-2)25(29)23-16-20(5)15-22(18-23)24(28)17-21(14-19(3)4)10-9-11-26-6;11-8-2-4-9-3-1-6-10-7-5-9;4-2-1-3-5;1-2/h15-16,18,21,26H,3,7-14,17H2,1-2,4-6H3;8-10H,1-7H2;1-2H,3H2;1-2H3/b;;2-1+;/t21-;;;/m1.../s1. The van der Waals surface area contributed by atoms with Gasteiger partial charge >= 0.3 is 0 Å². The quantitative estimate of drug-likeness (QED) is 0.0709. The van der Waals surface area contributed by atoms with E-state index in [1.807, 2.05) is 51.8 Å². The summed E-state index contributed by atoms with van der Waals surface area (Å²) in [6, 6.07) is 5.60. The zero-order valence-electron chi connectivity index (χ0n) is 30.8. The molecule has 0 radical (unpaired) electrons. The van der Waals surface area contributed by atoms with E-state index in [1.165, 1.54) is 19.3 Å². The van der Waals surface area contributed by atoms with E-state index in [4.69, 9.17) is 0 Å². The highest BCUT2D eigenvalue weighted by Crippen LogP contribution is 2.23. The highest BCUT2D eigenvalue weighted by Gasteiger charge is 2.20. The number of nitrogens with zero attached hydrogens (tertiary/aromatic N) is 1. The molecule has 2 N–H and O–H groups in total. The van der Waals surface area contributed by atoms with Crippen LogP contribution >= 0.6 is 0 Å². The van der Waals surface area contributed by atoms with Gasteiger partial charge in [-0.05, 0) is 140 Å². The van der Waals surface area contributed by atoms with Crippen molar-refractivity contribution in [3.63, 3.8) is 0 Å². The summed E-state index contributed by atoms with van der Waals surface area (Å²) in [5, 5.41) is 6.54. The van der Waals surface area contributed by atoms with Crippen molar-refractivity contribution in [3.8, 4) is 0 Å². The van der Waals surface area contributed by atoms with Gasteiger partial charge in [-0.1, -0.05) is 33.3 Å². The Hall–Kier alpha value is -2.71. The molecule has 1 fully saturated rings. The number of hydrogen-bond acceptors (Lipinski definition) is 5. The lowest BCUT2D eigenvalue weighted by Gasteiger charge is -2.22. The van der Waals surface area contributed by atoms with Crippen LogP contribution in [0.25, 0.3) is 0 Å². The molecule has 1 aliphatic heterocycles. The molecule has 1 saturated heterocycles. The van der Waals surface area contributed by atoms with Gasteiger partial charge in [0.05, 0.1) is 6.33 Å². The molecule has 47 heavy (non-hydrogen) atoms. The lowest BCUT2D eigenvalue weighted by atomic mass is 9.88. The minimum absolute atomic E-state index is 0.0268. The van der Waals surface area contributed by atoms with E-state index < -0.39 is 6.67 Å². The first-order valence-corrected chi connectivity index (χ1v) is 17.9. The van der Waals surface area contributed by atoms with Crippen LogP contribution in [0.2, 0.25) is 0 Å². The van der Waals surface area contributed by atoms with Crippen LogP contribution in [-0.4, -0.2) is 69.3 Å². The Bertz CT molecular complexity index is 986. The Morgan fingerprint density at radius 2 is 1.74 bits per heavy atom. The summed E-state index contributed by atoms with van der Waals surface area (Å²) in [5.74, 6) is 1.25. The molecular weight excluding hydrogens is 596 g/mol. The van der Waals surface area contributed by atoms with Gasteiger partial charge in [-0.15, -0.1) is 6.58 Å². The Labute approximate surface area is 286 Å². The molecule has 1 unspecified atom stereocenters. The molecule has 1 aliphatic rings. The van der Waals surface area contributed by atoms with Gasteiger partial charge in [0.15, 0.2) is 5.78 Å². The number of nitrogens with one attached hydrogen (secondary N) is 2. The van der Waals surface area contributed by atoms with Gasteiger partial charge in [-0.25, -0.2) is 8.78 Å². The first kappa shape index (κ1) is 46.4. The molecule has 1 aromatic rings. The zero-order valence-corrected chi connectivity index (χ0v) is 30.8. The van der Waals surface area contributed by atoms with Crippen LogP contribution in [0.5, 0.6) is 0 Å². The third-order valence-corrected chi connectivity index (χ3v) is 7.64. The van der Waals surface area contributed by atoms with Crippen LogP contribution in [0, 0.1) is 18.8 Å². The molecule has 0 aromatic heterocycles. The van der Waals surface area contributed by atoms with Gasteiger partial charge in [-0.2, -0.15) is 0 Å². The second-order valence-electron chi connectivity index (χ2n) is 12.1. The molecule has 0 spiro atoms. The van der Waals surface area contributed by atoms with E-state index in [0.717, 1.165) is 107 Å². The summed E-state index contributed by atoms with van der Waals surface area (Å²) in [6.45, 7) is 20.2. The number of rotatable bonds is 18. The van der Waals surface area contributed by atoms with Crippen LogP contribution in [0.3, 0.4) is 0 Å². The number of aldehydes is 1. The van der Waals surface area contributed by atoms with Crippen molar-refractivity contribution < 1.29 is 23.2 Å². The summed E-state index contributed by atoms with van der Waals surface area (Å²) in [4.78, 5) is 38.0. The molecule has 0 aliphatic carbocycles. The van der Waals surface area contributed by atoms with Crippen molar-refractivity contribution in [2.75, 3.05) is 46.4 Å². The predicted molar refractivity (Wildman–Crippen MR) is 196 cm³/mol. The number of aryl methyl sites for hydroxylation is 1. The fourth-order valence-electron chi connectivity index (χ4n) is 5.54. The minimum Gasteiger partial charge on any atom is -0.339 e. The van der Waals surface area contributed by atoms with Gasteiger partial charge in [0.1, 0.15) is 13.0 Å². The molecule has 0 bridgehead atoms. The number of Topliss-reactive ketones (excluding diaryl/α,β-unsaturated/α-hetero) is 1. The zero-order chi connectivity index (χ0) is 35.9. The van der Waals surface area contributed by atoms with Gasteiger partial charge in [0, 0.05) is 37.1 Å². The average molecular weight is 664 g/mol. The van der Waals surface area contributed by atoms with Crippen molar-refractivity contribution in [1.29, 1.82) is 0 Å². The smallest absolute Gasteiger partial charge is 0.253 e. The molecule has 6 nitrogen and oxygen atoms in total. The predicted octanol–water partition coefficient (Wildman–Crippen LogP) is 9.23. The topological polar surface area (TPSA) is 78.5 Å². The molecule has 2 rings (SSSR count). The fraction of sp³-hybridized carbons (Fsp3) is 0.667. The SMILES string of the molecule is C=C(C)C[C@@H](CCCNC)CC(=O)c1cc(C)cc(C(=O)N(CCC)CCC)c1.CC.F/C=C/CF.O=CCCC1CCCNCC1. The summed E-state index contributed by atoms with van der Waals surface area (Å²) < 4.78 is 21.2. The van der Waals surface area contributed by atoms with Gasteiger partial charge in [-0.3, -0.25) is 9.59 Å². The number of amides is 1. The Kier molecular flexibility index (Phi) is 31.5. The number of carbonyl (C=O) groups excluding carboxylic acids is 3. The summed E-state index contributed by atoms with van der Waals surface area (Å²) in [7, 11) is 1.95. The summed E-state index contributed by atoms with van der Waals surface area (Å²) >= 11 is 0. The fourth-order valence-corrected chi connectivity index (χ4v) is 5.54. The maximum absolute atomic E-state index is 13.0. The van der Waals surface area contributed by atoms with Gasteiger partial charge in [0.25, 0.3) is 5.91 Å². The molecular formula is C39H67F2N3O3. The summed E-state index contributed by atoms with van der Waals surface area (Å²) in [5.41, 5.74) is 3.35. The Balaban J connectivity index is 0. The van der Waals surface area contributed by atoms with Gasteiger partial charge < -0.3 is 20.3 Å². The van der Waals surface area contributed by atoms with Crippen molar-refractivity contribution in [1.82, 2.24) is 15.5 Å².